The van der Waals surface area contributed by atoms with Crippen LogP contribution in [-0.2, 0) is 8.85 Å². The molecule has 0 aliphatic carbocycles. The zero-order valence-electron chi connectivity index (χ0n) is 14.6. The Morgan fingerprint density at radius 3 is 2.26 bits per heavy atom. The Labute approximate surface area is 140 Å². The summed E-state index contributed by atoms with van der Waals surface area (Å²) in [6, 6.07) is 9.86. The molecular weight excluding hydrogens is 308 g/mol. The molecule has 1 heterocycles. The first kappa shape index (κ1) is 18.0. The molecule has 1 unspecified atom stereocenters. The van der Waals surface area contributed by atoms with Crippen LogP contribution in [0.5, 0.6) is 0 Å². The fourth-order valence-electron chi connectivity index (χ4n) is 3.16. The highest BCUT2D eigenvalue weighted by atomic mass is 28.4. The number of nitrogens with zero attached hydrogens (tertiary/aromatic N) is 2. The minimum atomic E-state index is -2.37. The summed E-state index contributed by atoms with van der Waals surface area (Å²) in [5.74, 6) is 0. The van der Waals surface area contributed by atoms with E-state index in [1.807, 2.05) is 60.9 Å². The number of rotatable bonds is 7. The molecule has 6 heteroatoms. The van der Waals surface area contributed by atoms with Crippen molar-refractivity contribution in [2.75, 3.05) is 31.2 Å². The fourth-order valence-corrected chi connectivity index (χ4v) is 6.23. The third-order valence-electron chi connectivity index (χ3n) is 4.35. The number of anilines is 1. The second kappa shape index (κ2) is 7.94. The Balaban J connectivity index is 2.15. The molecule has 1 atom stereocenters. The zero-order valence-corrected chi connectivity index (χ0v) is 15.6. The summed E-state index contributed by atoms with van der Waals surface area (Å²) in [5, 5.41) is 0. The summed E-state index contributed by atoms with van der Waals surface area (Å²) in [7, 11) is -2.37. The van der Waals surface area contributed by atoms with Gasteiger partial charge in [-0.05, 0) is 45.9 Å². The molecule has 5 nitrogen and oxygen atoms in total. The minimum Gasteiger partial charge on any atom is -0.393 e. The third kappa shape index (κ3) is 3.76. The smallest absolute Gasteiger partial charge is 0.358 e. The zero-order chi connectivity index (χ0) is 16.9. The third-order valence-corrected chi connectivity index (χ3v) is 7.88. The van der Waals surface area contributed by atoms with Crippen LogP contribution in [0.25, 0.3) is 0 Å². The lowest BCUT2D eigenvalue weighted by molar-refractivity contribution is 0.0966. The molecular formula is C17H28N2O3Si. The largest absolute Gasteiger partial charge is 0.393 e. The van der Waals surface area contributed by atoms with E-state index in [2.05, 4.69) is 6.55 Å². The molecule has 0 spiro atoms. The van der Waals surface area contributed by atoms with Gasteiger partial charge in [-0.25, -0.2) is 4.79 Å². The van der Waals surface area contributed by atoms with E-state index >= 15 is 0 Å². The average molecular weight is 337 g/mol. The Morgan fingerprint density at radius 2 is 1.83 bits per heavy atom. The van der Waals surface area contributed by atoms with Crippen molar-refractivity contribution < 1.29 is 13.6 Å². The lowest BCUT2D eigenvalue weighted by Gasteiger charge is -2.49. The molecule has 0 bridgehead atoms. The van der Waals surface area contributed by atoms with Crippen LogP contribution in [0.2, 0.25) is 6.55 Å². The fraction of sp³-hybridized carbons (Fsp3) is 0.588. The van der Waals surface area contributed by atoms with Gasteiger partial charge in [0.15, 0.2) is 0 Å². The van der Waals surface area contributed by atoms with Gasteiger partial charge in [-0.15, -0.1) is 0 Å². The van der Waals surface area contributed by atoms with E-state index in [0.29, 0.717) is 19.8 Å². The number of benzene rings is 1. The van der Waals surface area contributed by atoms with Gasteiger partial charge in [-0.3, -0.25) is 4.90 Å². The SMILES string of the molecule is CCO[Si](C)(OCC)C1CCN1C(=O)N(CC)c1ccccc1. The van der Waals surface area contributed by atoms with Crippen LogP contribution in [0.4, 0.5) is 10.5 Å². The van der Waals surface area contributed by atoms with Gasteiger partial charge in [0, 0.05) is 32.0 Å². The van der Waals surface area contributed by atoms with Crippen LogP contribution in [-0.4, -0.2) is 51.5 Å². The summed E-state index contributed by atoms with van der Waals surface area (Å²) < 4.78 is 12.0. The molecule has 0 aromatic heterocycles. The Bertz CT molecular complexity index is 506. The number of urea groups is 1. The van der Waals surface area contributed by atoms with Crippen LogP contribution < -0.4 is 4.90 Å². The van der Waals surface area contributed by atoms with Crippen LogP contribution in [0.1, 0.15) is 27.2 Å². The lowest BCUT2D eigenvalue weighted by atomic mass is 10.2. The predicted octanol–water partition coefficient (Wildman–Crippen LogP) is 3.39. The second-order valence-electron chi connectivity index (χ2n) is 5.74. The molecule has 1 aromatic carbocycles. The van der Waals surface area contributed by atoms with Crippen molar-refractivity contribution >= 4 is 20.3 Å². The maximum absolute atomic E-state index is 13.0. The number of para-hydroxylation sites is 1. The lowest BCUT2D eigenvalue weighted by Crippen LogP contribution is -2.68. The Kier molecular flexibility index (Phi) is 6.21. The van der Waals surface area contributed by atoms with Crippen molar-refractivity contribution in [2.45, 2.75) is 39.4 Å². The van der Waals surface area contributed by atoms with Crippen molar-refractivity contribution in [2.24, 2.45) is 0 Å². The normalized spacial score (nSPS) is 17.7. The maximum Gasteiger partial charge on any atom is 0.358 e. The van der Waals surface area contributed by atoms with Gasteiger partial charge in [0.1, 0.15) is 0 Å². The van der Waals surface area contributed by atoms with E-state index in [-0.39, 0.29) is 11.7 Å². The van der Waals surface area contributed by atoms with Gasteiger partial charge >= 0.3 is 14.6 Å². The number of carbonyl (C=O) groups is 1. The molecule has 0 N–H and O–H groups in total. The second-order valence-corrected chi connectivity index (χ2v) is 9.02. The van der Waals surface area contributed by atoms with Gasteiger partial charge in [0.2, 0.25) is 0 Å². The average Bonchev–Trinajstić information content (AvgIpc) is 2.48. The highest BCUT2D eigenvalue weighted by molar-refractivity contribution is 6.68. The first-order valence-electron chi connectivity index (χ1n) is 8.48. The van der Waals surface area contributed by atoms with E-state index in [9.17, 15) is 4.79 Å². The predicted molar refractivity (Wildman–Crippen MR) is 94.8 cm³/mol. The summed E-state index contributed by atoms with van der Waals surface area (Å²) in [6.07, 6.45) is 0.959. The highest BCUT2D eigenvalue weighted by Gasteiger charge is 2.51. The van der Waals surface area contributed by atoms with Crippen LogP contribution in [0.15, 0.2) is 30.3 Å². The summed E-state index contributed by atoms with van der Waals surface area (Å²) in [6.45, 7) is 10.7. The van der Waals surface area contributed by atoms with E-state index in [1.54, 1.807) is 0 Å². The summed E-state index contributed by atoms with van der Waals surface area (Å²) in [5.41, 5.74) is 1.02. The van der Waals surface area contributed by atoms with Crippen molar-refractivity contribution in [1.29, 1.82) is 0 Å². The molecule has 2 rings (SSSR count). The molecule has 0 radical (unpaired) electrons. The molecule has 2 amide bonds. The Hall–Kier alpha value is -1.37. The minimum absolute atomic E-state index is 0.0491. The quantitative estimate of drug-likeness (QED) is 0.717. The van der Waals surface area contributed by atoms with Gasteiger partial charge in [-0.1, -0.05) is 18.2 Å². The van der Waals surface area contributed by atoms with Crippen molar-refractivity contribution in [3.63, 3.8) is 0 Å². The van der Waals surface area contributed by atoms with Crippen LogP contribution in [0, 0.1) is 0 Å². The first-order chi connectivity index (χ1) is 11.1. The number of amides is 2. The van der Waals surface area contributed by atoms with Crippen molar-refractivity contribution in [3.8, 4) is 0 Å². The first-order valence-corrected chi connectivity index (χ1v) is 10.9. The standard InChI is InChI=1S/C17H28N2O3Si/c1-5-18(15-11-9-8-10-12-15)17(20)19-14-13-16(19)23(4,21-6-2)22-7-3/h8-12,16H,5-7,13-14H2,1-4H3. The molecule has 1 aromatic rings. The van der Waals surface area contributed by atoms with Gasteiger partial charge in [-0.2, -0.15) is 0 Å². The monoisotopic (exact) mass is 336 g/mol. The molecule has 1 fully saturated rings. The number of hydrogen-bond acceptors (Lipinski definition) is 3. The number of likely N-dealkylation sites (tertiary alicyclic amines) is 1. The van der Waals surface area contributed by atoms with Gasteiger partial charge in [0.25, 0.3) is 0 Å². The summed E-state index contributed by atoms with van der Waals surface area (Å²) >= 11 is 0. The van der Waals surface area contributed by atoms with E-state index < -0.39 is 8.56 Å². The molecule has 128 valence electrons. The van der Waals surface area contributed by atoms with Crippen molar-refractivity contribution in [3.05, 3.63) is 30.3 Å². The van der Waals surface area contributed by atoms with Crippen LogP contribution in [0.3, 0.4) is 0 Å². The maximum atomic E-state index is 13.0. The molecule has 1 aliphatic heterocycles. The Morgan fingerprint density at radius 1 is 1.22 bits per heavy atom. The number of hydrogen-bond donors (Lipinski definition) is 0. The van der Waals surface area contributed by atoms with Crippen molar-refractivity contribution in [1.82, 2.24) is 4.90 Å². The number of carbonyl (C=O) groups excluding carboxylic acids is 1. The van der Waals surface area contributed by atoms with Gasteiger partial charge < -0.3 is 13.8 Å². The van der Waals surface area contributed by atoms with Crippen LogP contribution >= 0.6 is 0 Å². The highest BCUT2D eigenvalue weighted by Crippen LogP contribution is 2.30. The topological polar surface area (TPSA) is 42.0 Å². The molecule has 23 heavy (non-hydrogen) atoms. The molecule has 1 aliphatic rings. The van der Waals surface area contributed by atoms with E-state index in [1.165, 1.54) is 0 Å². The summed E-state index contributed by atoms with van der Waals surface area (Å²) in [4.78, 5) is 16.7. The molecule has 1 saturated heterocycles. The van der Waals surface area contributed by atoms with E-state index in [0.717, 1.165) is 18.7 Å². The molecule has 0 saturated carbocycles. The van der Waals surface area contributed by atoms with Gasteiger partial charge in [0.05, 0.1) is 5.67 Å². The van der Waals surface area contributed by atoms with E-state index in [4.69, 9.17) is 8.85 Å².